The van der Waals surface area contributed by atoms with Crippen molar-refractivity contribution < 1.29 is 9.53 Å². The summed E-state index contributed by atoms with van der Waals surface area (Å²) in [5.41, 5.74) is 3.14. The lowest BCUT2D eigenvalue weighted by molar-refractivity contribution is 0.102. The summed E-state index contributed by atoms with van der Waals surface area (Å²) >= 11 is 0. The highest BCUT2D eigenvalue weighted by Gasteiger charge is 2.16. The molecule has 24 heavy (non-hydrogen) atoms. The number of benzene rings is 1. The molecular weight excluding hydrogens is 302 g/mol. The second-order valence-electron chi connectivity index (χ2n) is 6.25. The molecule has 1 aliphatic rings. The van der Waals surface area contributed by atoms with Crippen LogP contribution >= 0.6 is 0 Å². The molecule has 0 unspecified atom stereocenters. The molecule has 0 aliphatic heterocycles. The van der Waals surface area contributed by atoms with Crippen LogP contribution in [0.5, 0.6) is 5.75 Å². The van der Waals surface area contributed by atoms with Gasteiger partial charge < -0.3 is 15.4 Å². The van der Waals surface area contributed by atoms with Crippen LogP contribution in [0.15, 0.2) is 36.7 Å². The van der Waals surface area contributed by atoms with Gasteiger partial charge in [-0.25, -0.2) is 0 Å². The fraction of sp³-hybridized carbons (Fsp3) is 0.368. The molecule has 0 atom stereocenters. The minimum Gasteiger partial charge on any atom is -0.495 e. The van der Waals surface area contributed by atoms with E-state index in [1.54, 1.807) is 19.5 Å². The van der Waals surface area contributed by atoms with Gasteiger partial charge in [-0.15, -0.1) is 0 Å². The third-order valence-corrected chi connectivity index (χ3v) is 4.33. The van der Waals surface area contributed by atoms with Crippen LogP contribution in [-0.2, 0) is 0 Å². The van der Waals surface area contributed by atoms with Crippen LogP contribution in [-0.4, -0.2) is 24.0 Å². The smallest absolute Gasteiger partial charge is 0.257 e. The monoisotopic (exact) mass is 325 g/mol. The number of ether oxygens (including phenoxy) is 1. The van der Waals surface area contributed by atoms with E-state index in [9.17, 15) is 4.79 Å². The average Bonchev–Trinajstić information content (AvgIpc) is 3.08. The van der Waals surface area contributed by atoms with Crippen LogP contribution in [0.1, 0.15) is 41.6 Å². The van der Waals surface area contributed by atoms with Gasteiger partial charge in [0.1, 0.15) is 5.75 Å². The summed E-state index contributed by atoms with van der Waals surface area (Å²) in [4.78, 5) is 16.7. The molecule has 0 spiro atoms. The summed E-state index contributed by atoms with van der Waals surface area (Å²) in [7, 11) is 1.59. The molecule has 1 heterocycles. The Morgan fingerprint density at radius 2 is 2.00 bits per heavy atom. The molecule has 2 aromatic rings. The lowest BCUT2D eigenvalue weighted by Crippen LogP contribution is -2.17. The number of aryl methyl sites for hydroxylation is 1. The summed E-state index contributed by atoms with van der Waals surface area (Å²) in [6.45, 7) is 1.97. The highest BCUT2D eigenvalue weighted by Crippen LogP contribution is 2.26. The Morgan fingerprint density at radius 3 is 2.75 bits per heavy atom. The minimum absolute atomic E-state index is 0.193. The van der Waals surface area contributed by atoms with Gasteiger partial charge in [-0.2, -0.15) is 0 Å². The molecule has 5 nitrogen and oxygen atoms in total. The largest absolute Gasteiger partial charge is 0.495 e. The molecule has 0 saturated heterocycles. The minimum atomic E-state index is -0.193. The second kappa shape index (κ2) is 7.34. The Balaban J connectivity index is 1.74. The van der Waals surface area contributed by atoms with Gasteiger partial charge in [-0.3, -0.25) is 9.78 Å². The first-order valence-electron chi connectivity index (χ1n) is 8.33. The van der Waals surface area contributed by atoms with E-state index in [1.807, 2.05) is 31.2 Å². The number of nitrogens with zero attached hydrogens (tertiary/aromatic N) is 1. The molecule has 2 N–H and O–H groups in total. The quantitative estimate of drug-likeness (QED) is 0.872. The Bertz CT molecular complexity index is 724. The zero-order valence-corrected chi connectivity index (χ0v) is 14.1. The van der Waals surface area contributed by atoms with Crippen LogP contribution in [0.3, 0.4) is 0 Å². The van der Waals surface area contributed by atoms with Gasteiger partial charge in [0.15, 0.2) is 0 Å². The maximum absolute atomic E-state index is 12.5. The summed E-state index contributed by atoms with van der Waals surface area (Å²) < 4.78 is 5.31. The topological polar surface area (TPSA) is 63.2 Å². The molecule has 1 fully saturated rings. The molecule has 1 aromatic carbocycles. The molecule has 1 saturated carbocycles. The highest BCUT2D eigenvalue weighted by molar-refractivity contribution is 6.05. The van der Waals surface area contributed by atoms with E-state index in [0.29, 0.717) is 23.0 Å². The van der Waals surface area contributed by atoms with Crippen molar-refractivity contribution in [3.63, 3.8) is 0 Å². The van der Waals surface area contributed by atoms with Crippen molar-refractivity contribution in [2.24, 2.45) is 0 Å². The number of pyridine rings is 1. The first-order valence-corrected chi connectivity index (χ1v) is 8.33. The van der Waals surface area contributed by atoms with Crippen molar-refractivity contribution in [3.05, 3.63) is 47.8 Å². The predicted octanol–water partition coefficient (Wildman–Crippen LogP) is 4.01. The standard InChI is InChI=1S/C19H23N3O2/c1-13-7-8-18(24-2)17(9-13)22-19(23)14-10-16(12-20-11-14)21-15-5-3-4-6-15/h7-12,15,21H,3-6H2,1-2H3,(H,22,23). The normalized spacial score (nSPS) is 14.4. The van der Waals surface area contributed by atoms with Crippen LogP contribution < -0.4 is 15.4 Å². The van der Waals surface area contributed by atoms with Crippen molar-refractivity contribution >= 4 is 17.3 Å². The summed E-state index contributed by atoms with van der Waals surface area (Å²) in [6, 6.07) is 8.03. The molecule has 126 valence electrons. The summed E-state index contributed by atoms with van der Waals surface area (Å²) in [6.07, 6.45) is 8.23. The number of anilines is 2. The molecule has 1 aliphatic carbocycles. The van der Waals surface area contributed by atoms with Gasteiger partial charge in [-0.05, 0) is 43.5 Å². The first kappa shape index (κ1) is 16.3. The maximum atomic E-state index is 12.5. The number of amides is 1. The summed E-state index contributed by atoms with van der Waals surface area (Å²) in [5, 5.41) is 6.37. The van der Waals surface area contributed by atoms with Crippen molar-refractivity contribution in [2.45, 2.75) is 38.6 Å². The van der Waals surface area contributed by atoms with Gasteiger partial charge in [0.05, 0.1) is 24.0 Å². The number of aromatic nitrogens is 1. The third-order valence-electron chi connectivity index (χ3n) is 4.33. The van der Waals surface area contributed by atoms with Gasteiger partial charge in [0.25, 0.3) is 5.91 Å². The van der Waals surface area contributed by atoms with Crippen LogP contribution in [0.4, 0.5) is 11.4 Å². The number of rotatable bonds is 5. The SMILES string of the molecule is COc1ccc(C)cc1NC(=O)c1cncc(NC2CCCC2)c1. The molecular formula is C19H23N3O2. The number of hydrogen-bond donors (Lipinski definition) is 2. The molecule has 0 bridgehead atoms. The second-order valence-corrected chi connectivity index (χ2v) is 6.25. The van der Waals surface area contributed by atoms with E-state index < -0.39 is 0 Å². The first-order chi connectivity index (χ1) is 11.7. The molecule has 1 aromatic heterocycles. The van der Waals surface area contributed by atoms with Gasteiger partial charge in [0, 0.05) is 18.4 Å². The maximum Gasteiger partial charge on any atom is 0.257 e. The van der Waals surface area contributed by atoms with Gasteiger partial charge in [0.2, 0.25) is 0 Å². The number of nitrogens with one attached hydrogen (secondary N) is 2. The predicted molar refractivity (Wildman–Crippen MR) is 95.8 cm³/mol. The van der Waals surface area contributed by atoms with E-state index in [0.717, 1.165) is 11.3 Å². The van der Waals surface area contributed by atoms with Crippen molar-refractivity contribution in [1.82, 2.24) is 4.98 Å². The van der Waals surface area contributed by atoms with Gasteiger partial charge >= 0.3 is 0 Å². The zero-order valence-electron chi connectivity index (χ0n) is 14.1. The molecule has 1 amide bonds. The molecule has 5 heteroatoms. The molecule has 3 rings (SSSR count). The number of hydrogen-bond acceptors (Lipinski definition) is 4. The van der Waals surface area contributed by atoms with Crippen molar-refractivity contribution in [2.75, 3.05) is 17.7 Å². The van der Waals surface area contributed by atoms with Crippen LogP contribution in [0.2, 0.25) is 0 Å². The van der Waals surface area contributed by atoms with Crippen molar-refractivity contribution in [1.29, 1.82) is 0 Å². The van der Waals surface area contributed by atoms with Gasteiger partial charge in [-0.1, -0.05) is 18.9 Å². The lowest BCUT2D eigenvalue weighted by Gasteiger charge is -2.14. The Hall–Kier alpha value is -2.56. The van der Waals surface area contributed by atoms with Crippen LogP contribution in [0, 0.1) is 6.92 Å². The van der Waals surface area contributed by atoms with E-state index in [-0.39, 0.29) is 5.91 Å². The Kier molecular flexibility index (Phi) is 4.99. The number of methoxy groups -OCH3 is 1. The fourth-order valence-corrected chi connectivity index (χ4v) is 3.06. The number of carbonyl (C=O) groups is 1. The highest BCUT2D eigenvalue weighted by atomic mass is 16.5. The van der Waals surface area contributed by atoms with E-state index >= 15 is 0 Å². The fourth-order valence-electron chi connectivity index (χ4n) is 3.06. The van der Waals surface area contributed by atoms with Crippen LogP contribution in [0.25, 0.3) is 0 Å². The average molecular weight is 325 g/mol. The van der Waals surface area contributed by atoms with E-state index in [1.165, 1.54) is 25.7 Å². The van der Waals surface area contributed by atoms with Crippen molar-refractivity contribution in [3.8, 4) is 5.75 Å². The zero-order chi connectivity index (χ0) is 16.9. The Labute approximate surface area is 142 Å². The Morgan fingerprint density at radius 1 is 1.21 bits per heavy atom. The third kappa shape index (κ3) is 3.85. The number of carbonyl (C=O) groups excluding carboxylic acids is 1. The van der Waals surface area contributed by atoms with E-state index in [4.69, 9.17) is 4.74 Å². The van der Waals surface area contributed by atoms with E-state index in [2.05, 4.69) is 15.6 Å². The summed E-state index contributed by atoms with van der Waals surface area (Å²) in [5.74, 6) is 0.448. The lowest BCUT2D eigenvalue weighted by atomic mass is 10.2. The molecule has 0 radical (unpaired) electrons.